The third-order valence-corrected chi connectivity index (χ3v) is 3.53. The number of carbonyl (C=O) groups excluding carboxylic acids is 1. The predicted octanol–water partition coefficient (Wildman–Crippen LogP) is 4.53. The quantitative estimate of drug-likeness (QED) is 0.886. The van der Waals surface area contributed by atoms with Crippen LogP contribution in [0.5, 0.6) is 0 Å². The topological polar surface area (TPSA) is 29.1 Å². The summed E-state index contributed by atoms with van der Waals surface area (Å²) < 4.78 is 26.7. The summed E-state index contributed by atoms with van der Waals surface area (Å²) in [5, 5.41) is 2.92. The number of benzene rings is 2. The fourth-order valence-corrected chi connectivity index (χ4v) is 2.07. The fraction of sp³-hybridized carbons (Fsp3) is 0.188. The smallest absolute Gasteiger partial charge is 0.234 e. The highest BCUT2D eigenvalue weighted by molar-refractivity contribution is 6.30. The number of carbonyl (C=O) groups is 1. The van der Waals surface area contributed by atoms with Crippen molar-refractivity contribution in [2.24, 2.45) is 0 Å². The van der Waals surface area contributed by atoms with Gasteiger partial charge in [-0.3, -0.25) is 4.79 Å². The van der Waals surface area contributed by atoms with Gasteiger partial charge < -0.3 is 5.32 Å². The Balaban J connectivity index is 2.28. The van der Waals surface area contributed by atoms with Crippen LogP contribution in [0.2, 0.25) is 5.02 Å². The summed E-state index contributed by atoms with van der Waals surface area (Å²) >= 11 is 5.92. The predicted molar refractivity (Wildman–Crippen MR) is 79.5 cm³/mol. The van der Waals surface area contributed by atoms with E-state index in [4.69, 9.17) is 11.6 Å². The molecular formula is C16H14ClF2NO. The van der Waals surface area contributed by atoms with Crippen LogP contribution in [0.1, 0.15) is 19.4 Å². The fourth-order valence-electron chi connectivity index (χ4n) is 1.88. The first-order chi connectivity index (χ1) is 9.80. The standard InChI is InChI=1S/C16H14ClF2NO/c1-16(2,10-4-3-5-11(17)8-10)15(21)20-14-9-12(18)6-7-13(14)19/h3-9H,1-2H3,(H,20,21). The van der Waals surface area contributed by atoms with Crippen molar-refractivity contribution in [2.45, 2.75) is 19.3 Å². The van der Waals surface area contributed by atoms with Crippen LogP contribution in [0.3, 0.4) is 0 Å². The molecule has 0 saturated heterocycles. The largest absolute Gasteiger partial charge is 0.323 e. The molecular weight excluding hydrogens is 296 g/mol. The molecule has 2 rings (SSSR count). The van der Waals surface area contributed by atoms with Crippen molar-refractivity contribution in [1.82, 2.24) is 0 Å². The highest BCUT2D eigenvalue weighted by Gasteiger charge is 2.30. The van der Waals surface area contributed by atoms with E-state index in [9.17, 15) is 13.6 Å². The maximum atomic E-state index is 13.6. The molecule has 21 heavy (non-hydrogen) atoms. The molecule has 2 nitrogen and oxygen atoms in total. The molecule has 110 valence electrons. The van der Waals surface area contributed by atoms with Crippen LogP contribution in [-0.2, 0) is 10.2 Å². The van der Waals surface area contributed by atoms with Crippen LogP contribution in [0, 0.1) is 11.6 Å². The zero-order valence-electron chi connectivity index (χ0n) is 11.6. The molecule has 0 radical (unpaired) electrons. The second-order valence-corrected chi connectivity index (χ2v) is 5.65. The first kappa shape index (κ1) is 15.4. The Bertz CT molecular complexity index is 686. The minimum atomic E-state index is -0.941. The first-order valence-corrected chi connectivity index (χ1v) is 6.71. The normalized spacial score (nSPS) is 11.3. The minimum Gasteiger partial charge on any atom is -0.323 e. The molecule has 0 heterocycles. The van der Waals surface area contributed by atoms with Gasteiger partial charge in [0.15, 0.2) is 0 Å². The van der Waals surface area contributed by atoms with E-state index in [2.05, 4.69) is 5.32 Å². The lowest BCUT2D eigenvalue weighted by Gasteiger charge is -2.24. The molecule has 0 unspecified atom stereocenters. The Kier molecular flexibility index (Phi) is 4.28. The summed E-state index contributed by atoms with van der Waals surface area (Å²) in [5.74, 6) is -1.76. The van der Waals surface area contributed by atoms with Crippen molar-refractivity contribution >= 4 is 23.2 Å². The van der Waals surface area contributed by atoms with Crippen molar-refractivity contribution in [3.63, 3.8) is 0 Å². The second kappa shape index (κ2) is 5.82. The summed E-state index contributed by atoms with van der Waals surface area (Å²) in [5.41, 5.74) is -0.441. The lowest BCUT2D eigenvalue weighted by molar-refractivity contribution is -0.120. The summed E-state index contributed by atoms with van der Waals surface area (Å²) in [4.78, 5) is 12.4. The molecule has 2 aromatic carbocycles. The Labute approximate surface area is 126 Å². The van der Waals surface area contributed by atoms with Crippen molar-refractivity contribution in [2.75, 3.05) is 5.32 Å². The van der Waals surface area contributed by atoms with E-state index in [0.717, 1.165) is 18.2 Å². The Morgan fingerprint density at radius 3 is 2.52 bits per heavy atom. The number of hydrogen-bond donors (Lipinski definition) is 1. The van der Waals surface area contributed by atoms with E-state index >= 15 is 0 Å². The average Bonchev–Trinajstić information content (AvgIpc) is 2.42. The summed E-state index contributed by atoms with van der Waals surface area (Å²) in [6, 6.07) is 9.77. The number of rotatable bonds is 3. The SMILES string of the molecule is CC(C)(C(=O)Nc1cc(F)ccc1F)c1cccc(Cl)c1. The molecule has 0 saturated carbocycles. The van der Waals surface area contributed by atoms with Crippen LogP contribution < -0.4 is 5.32 Å². The summed E-state index contributed by atoms with van der Waals surface area (Å²) in [6.45, 7) is 3.37. The zero-order valence-corrected chi connectivity index (χ0v) is 12.3. The van der Waals surface area contributed by atoms with E-state index in [1.165, 1.54) is 0 Å². The molecule has 5 heteroatoms. The molecule has 0 atom stereocenters. The molecule has 0 spiro atoms. The van der Waals surface area contributed by atoms with Gasteiger partial charge in [0.1, 0.15) is 11.6 Å². The Morgan fingerprint density at radius 1 is 1.14 bits per heavy atom. The van der Waals surface area contributed by atoms with Crippen molar-refractivity contribution in [1.29, 1.82) is 0 Å². The monoisotopic (exact) mass is 309 g/mol. The summed E-state index contributed by atoms with van der Waals surface area (Å²) in [7, 11) is 0. The minimum absolute atomic E-state index is 0.185. The van der Waals surface area contributed by atoms with E-state index in [-0.39, 0.29) is 5.69 Å². The number of nitrogens with one attached hydrogen (secondary N) is 1. The molecule has 2 aromatic rings. The molecule has 0 aromatic heterocycles. The van der Waals surface area contributed by atoms with Gasteiger partial charge >= 0.3 is 0 Å². The zero-order chi connectivity index (χ0) is 15.6. The maximum absolute atomic E-state index is 13.6. The number of amides is 1. The Morgan fingerprint density at radius 2 is 1.86 bits per heavy atom. The molecule has 1 amide bonds. The lowest BCUT2D eigenvalue weighted by Crippen LogP contribution is -2.35. The maximum Gasteiger partial charge on any atom is 0.234 e. The van der Waals surface area contributed by atoms with Crippen LogP contribution in [0.25, 0.3) is 0 Å². The van der Waals surface area contributed by atoms with Gasteiger partial charge in [0, 0.05) is 11.1 Å². The number of anilines is 1. The van der Waals surface area contributed by atoms with Gasteiger partial charge in [-0.2, -0.15) is 0 Å². The van der Waals surface area contributed by atoms with Crippen molar-refractivity contribution in [3.8, 4) is 0 Å². The lowest BCUT2D eigenvalue weighted by atomic mass is 9.83. The van der Waals surface area contributed by atoms with E-state index in [1.807, 2.05) is 0 Å². The first-order valence-electron chi connectivity index (χ1n) is 6.33. The number of halogens is 3. The molecule has 0 fully saturated rings. The van der Waals surface area contributed by atoms with Crippen LogP contribution >= 0.6 is 11.6 Å². The van der Waals surface area contributed by atoms with Crippen molar-refractivity contribution in [3.05, 3.63) is 64.7 Å². The van der Waals surface area contributed by atoms with Crippen molar-refractivity contribution < 1.29 is 13.6 Å². The number of hydrogen-bond acceptors (Lipinski definition) is 1. The highest BCUT2D eigenvalue weighted by atomic mass is 35.5. The highest BCUT2D eigenvalue weighted by Crippen LogP contribution is 2.28. The summed E-state index contributed by atoms with van der Waals surface area (Å²) in [6.07, 6.45) is 0. The second-order valence-electron chi connectivity index (χ2n) is 5.21. The van der Waals surface area contributed by atoms with E-state index in [1.54, 1.807) is 38.1 Å². The molecule has 0 aliphatic carbocycles. The molecule has 0 bridgehead atoms. The van der Waals surface area contributed by atoms with Gasteiger partial charge in [0.25, 0.3) is 0 Å². The van der Waals surface area contributed by atoms with Crippen LogP contribution in [-0.4, -0.2) is 5.91 Å². The molecule has 0 aliphatic heterocycles. The third kappa shape index (κ3) is 3.39. The molecule has 1 N–H and O–H groups in total. The van der Waals surface area contributed by atoms with Gasteiger partial charge in [0.2, 0.25) is 5.91 Å². The average molecular weight is 310 g/mol. The van der Waals surface area contributed by atoms with E-state index in [0.29, 0.717) is 10.6 Å². The van der Waals surface area contributed by atoms with Gasteiger partial charge in [-0.25, -0.2) is 8.78 Å². The van der Waals surface area contributed by atoms with Gasteiger partial charge in [-0.1, -0.05) is 23.7 Å². The van der Waals surface area contributed by atoms with Gasteiger partial charge in [0.05, 0.1) is 11.1 Å². The van der Waals surface area contributed by atoms with Gasteiger partial charge in [-0.15, -0.1) is 0 Å². The Hall–Kier alpha value is -1.94. The van der Waals surface area contributed by atoms with Crippen LogP contribution in [0.15, 0.2) is 42.5 Å². The van der Waals surface area contributed by atoms with E-state index < -0.39 is 23.0 Å². The molecule has 0 aliphatic rings. The van der Waals surface area contributed by atoms with Crippen LogP contribution in [0.4, 0.5) is 14.5 Å². The third-order valence-electron chi connectivity index (χ3n) is 3.29. The van der Waals surface area contributed by atoms with Gasteiger partial charge in [-0.05, 0) is 43.7 Å².